The zero-order valence-corrected chi connectivity index (χ0v) is 11.6. The molecule has 1 N–H and O–H groups in total. The number of hydrogen-bond acceptors (Lipinski definition) is 3. The molecule has 1 aliphatic rings. The monoisotopic (exact) mass is 261 g/mol. The third kappa shape index (κ3) is 3.34. The highest BCUT2D eigenvalue weighted by Crippen LogP contribution is 2.16. The lowest BCUT2D eigenvalue weighted by Crippen LogP contribution is -2.35. The molecule has 102 valence electrons. The van der Waals surface area contributed by atoms with Crippen LogP contribution in [0.25, 0.3) is 0 Å². The van der Waals surface area contributed by atoms with Gasteiger partial charge in [0.1, 0.15) is 6.67 Å². The third-order valence-corrected chi connectivity index (χ3v) is 3.21. The van der Waals surface area contributed by atoms with Gasteiger partial charge in [-0.2, -0.15) is 0 Å². The van der Waals surface area contributed by atoms with Gasteiger partial charge >= 0.3 is 0 Å². The molecule has 0 aliphatic carbocycles. The van der Waals surface area contributed by atoms with Crippen molar-refractivity contribution in [3.05, 3.63) is 47.9 Å². The van der Waals surface area contributed by atoms with Gasteiger partial charge in [0.25, 0.3) is 0 Å². The smallest absolute Gasteiger partial charge is 0.180 e. The van der Waals surface area contributed by atoms with E-state index in [1.165, 1.54) is 6.20 Å². The molecule has 1 unspecified atom stereocenters. The molecule has 1 heterocycles. The van der Waals surface area contributed by atoms with E-state index in [9.17, 15) is 4.39 Å². The molecule has 0 saturated heterocycles. The molecule has 0 amide bonds. The van der Waals surface area contributed by atoms with Crippen LogP contribution < -0.4 is 5.32 Å². The van der Waals surface area contributed by atoms with E-state index >= 15 is 0 Å². The summed E-state index contributed by atoms with van der Waals surface area (Å²) in [7, 11) is 0. The summed E-state index contributed by atoms with van der Waals surface area (Å²) in [5.74, 6) is 0.0379. The maximum Gasteiger partial charge on any atom is 0.180 e. The van der Waals surface area contributed by atoms with Crippen LogP contribution in [0.1, 0.15) is 32.4 Å². The zero-order chi connectivity index (χ0) is 13.8. The number of hydrogen-bond donors (Lipinski definition) is 1. The highest BCUT2D eigenvalue weighted by atomic mass is 19.1. The standard InChI is InChI=1S/C15H20FN3/c1-11(2)19-9-14(16)15(17-10-19)18-12(3)13-7-5-4-6-8-13/h4-9,11-12H,10H2,1-3H3,(H,17,18). The van der Waals surface area contributed by atoms with Crippen LogP contribution in [0.3, 0.4) is 0 Å². The van der Waals surface area contributed by atoms with Crippen LogP contribution in [-0.2, 0) is 0 Å². The van der Waals surface area contributed by atoms with Gasteiger partial charge in [0.05, 0.1) is 6.04 Å². The lowest BCUT2D eigenvalue weighted by Gasteiger charge is -2.27. The number of amidine groups is 1. The average Bonchev–Trinajstić information content (AvgIpc) is 2.41. The van der Waals surface area contributed by atoms with Crippen molar-refractivity contribution in [2.75, 3.05) is 6.67 Å². The fraction of sp³-hybridized carbons (Fsp3) is 0.400. The van der Waals surface area contributed by atoms with Crippen LogP contribution in [0.5, 0.6) is 0 Å². The molecule has 3 nitrogen and oxygen atoms in total. The summed E-state index contributed by atoms with van der Waals surface area (Å²) in [6.45, 7) is 6.53. The summed E-state index contributed by atoms with van der Waals surface area (Å²) in [4.78, 5) is 6.14. The molecule has 1 atom stereocenters. The van der Waals surface area contributed by atoms with E-state index < -0.39 is 0 Å². The van der Waals surface area contributed by atoms with E-state index in [4.69, 9.17) is 0 Å². The van der Waals surface area contributed by atoms with Crippen molar-refractivity contribution in [2.24, 2.45) is 4.99 Å². The second-order valence-corrected chi connectivity index (χ2v) is 5.01. The van der Waals surface area contributed by atoms with Gasteiger partial charge in [0.15, 0.2) is 11.7 Å². The molecule has 1 aromatic carbocycles. The maximum absolute atomic E-state index is 14.0. The lowest BCUT2D eigenvalue weighted by molar-refractivity contribution is 0.307. The van der Waals surface area contributed by atoms with Gasteiger partial charge in [-0.25, -0.2) is 9.38 Å². The van der Waals surface area contributed by atoms with Gasteiger partial charge in [-0.3, -0.25) is 0 Å². The molecular weight excluding hydrogens is 241 g/mol. The lowest BCUT2D eigenvalue weighted by atomic mass is 10.1. The van der Waals surface area contributed by atoms with Crippen molar-refractivity contribution in [1.82, 2.24) is 10.2 Å². The van der Waals surface area contributed by atoms with Crippen molar-refractivity contribution < 1.29 is 4.39 Å². The zero-order valence-electron chi connectivity index (χ0n) is 11.6. The number of benzene rings is 1. The molecule has 0 saturated carbocycles. The summed E-state index contributed by atoms with van der Waals surface area (Å²) in [6.07, 6.45) is 1.53. The van der Waals surface area contributed by atoms with E-state index in [1.54, 1.807) is 0 Å². The van der Waals surface area contributed by atoms with E-state index in [1.807, 2.05) is 56.0 Å². The van der Waals surface area contributed by atoms with E-state index in [0.717, 1.165) is 5.56 Å². The van der Waals surface area contributed by atoms with Crippen LogP contribution in [0, 0.1) is 0 Å². The minimum Gasteiger partial charge on any atom is -0.361 e. The van der Waals surface area contributed by atoms with Crippen molar-refractivity contribution in [3.63, 3.8) is 0 Å². The third-order valence-electron chi connectivity index (χ3n) is 3.21. The Labute approximate surface area is 113 Å². The fourth-order valence-corrected chi connectivity index (χ4v) is 1.93. The number of aliphatic imine (C=N–C) groups is 1. The van der Waals surface area contributed by atoms with Crippen molar-refractivity contribution >= 4 is 5.84 Å². The van der Waals surface area contributed by atoms with Gasteiger partial charge in [-0.1, -0.05) is 30.3 Å². The Balaban J connectivity index is 2.03. The molecule has 4 heteroatoms. The number of nitrogens with one attached hydrogen (secondary N) is 1. The van der Waals surface area contributed by atoms with E-state index in [0.29, 0.717) is 12.5 Å². The minimum absolute atomic E-state index is 0.0321. The first-order valence-electron chi connectivity index (χ1n) is 6.57. The van der Waals surface area contributed by atoms with Crippen LogP contribution in [0.2, 0.25) is 0 Å². The fourth-order valence-electron chi connectivity index (χ4n) is 1.93. The van der Waals surface area contributed by atoms with Crippen LogP contribution >= 0.6 is 0 Å². The number of nitrogens with zero attached hydrogens (tertiary/aromatic N) is 2. The molecule has 2 rings (SSSR count). The Kier molecular flexibility index (Phi) is 4.20. The Morgan fingerprint density at radius 3 is 2.47 bits per heavy atom. The Morgan fingerprint density at radius 2 is 1.89 bits per heavy atom. The second-order valence-electron chi connectivity index (χ2n) is 5.01. The highest BCUT2D eigenvalue weighted by molar-refractivity contribution is 5.96. The molecule has 1 aliphatic heterocycles. The maximum atomic E-state index is 14.0. The summed E-state index contributed by atoms with van der Waals surface area (Å²) < 4.78 is 14.0. The normalized spacial score (nSPS) is 17.0. The number of rotatable bonds is 3. The predicted molar refractivity (Wildman–Crippen MR) is 76.5 cm³/mol. The quantitative estimate of drug-likeness (QED) is 0.904. The van der Waals surface area contributed by atoms with Crippen LogP contribution in [0.15, 0.2) is 47.4 Å². The molecule has 0 spiro atoms. The Bertz CT molecular complexity index is 479. The Morgan fingerprint density at radius 1 is 1.21 bits per heavy atom. The first-order chi connectivity index (χ1) is 9.08. The van der Waals surface area contributed by atoms with Crippen molar-refractivity contribution in [1.29, 1.82) is 0 Å². The summed E-state index contributed by atoms with van der Waals surface area (Å²) in [6, 6.07) is 10.2. The highest BCUT2D eigenvalue weighted by Gasteiger charge is 2.18. The number of halogens is 1. The first-order valence-corrected chi connectivity index (χ1v) is 6.57. The first kappa shape index (κ1) is 13.6. The predicted octanol–water partition coefficient (Wildman–Crippen LogP) is 3.23. The minimum atomic E-state index is -0.303. The summed E-state index contributed by atoms with van der Waals surface area (Å²) in [5, 5.41) is 3.12. The molecule has 19 heavy (non-hydrogen) atoms. The molecule has 0 fully saturated rings. The van der Waals surface area contributed by atoms with Crippen LogP contribution in [-0.4, -0.2) is 23.4 Å². The summed E-state index contributed by atoms with van der Waals surface area (Å²) >= 11 is 0. The largest absolute Gasteiger partial charge is 0.361 e. The van der Waals surface area contributed by atoms with E-state index in [2.05, 4.69) is 10.3 Å². The van der Waals surface area contributed by atoms with Gasteiger partial charge in [0, 0.05) is 12.2 Å². The second kappa shape index (κ2) is 5.87. The SMILES string of the molecule is CC(NC1=NCN(C(C)C)C=C1F)c1ccccc1. The van der Waals surface area contributed by atoms with Gasteiger partial charge in [-0.15, -0.1) is 0 Å². The van der Waals surface area contributed by atoms with Crippen molar-refractivity contribution in [3.8, 4) is 0 Å². The van der Waals surface area contributed by atoms with Crippen LogP contribution in [0.4, 0.5) is 4.39 Å². The van der Waals surface area contributed by atoms with Crippen molar-refractivity contribution in [2.45, 2.75) is 32.9 Å². The van der Waals surface area contributed by atoms with E-state index in [-0.39, 0.29) is 17.9 Å². The average molecular weight is 261 g/mol. The van der Waals surface area contributed by atoms with Gasteiger partial charge in [-0.05, 0) is 26.3 Å². The molecule has 0 aromatic heterocycles. The molecule has 0 bridgehead atoms. The molecular formula is C15H20FN3. The molecule has 0 radical (unpaired) electrons. The van der Waals surface area contributed by atoms with Gasteiger partial charge in [0.2, 0.25) is 0 Å². The van der Waals surface area contributed by atoms with Gasteiger partial charge < -0.3 is 10.2 Å². The topological polar surface area (TPSA) is 27.6 Å². The summed E-state index contributed by atoms with van der Waals surface area (Å²) in [5.41, 5.74) is 1.12. The molecule has 1 aromatic rings. The Hall–Kier alpha value is -1.84.